The number of nitrogens with one attached hydrogen (secondary N) is 2. The molecular weight excluding hydrogens is 538 g/mol. The Labute approximate surface area is 263 Å². The Morgan fingerprint density at radius 3 is 1.37 bits per heavy atom. The summed E-state index contributed by atoms with van der Waals surface area (Å²) in [6, 6.07) is 5.41. The van der Waals surface area contributed by atoms with E-state index in [0.29, 0.717) is 37.2 Å². The first kappa shape index (κ1) is 38.5. The van der Waals surface area contributed by atoms with Crippen molar-refractivity contribution >= 4 is 23.5 Å². The van der Waals surface area contributed by atoms with Crippen LogP contribution in [0.25, 0.3) is 0 Å². The Bertz CT molecular complexity index is 837. The second-order valence-electron chi connectivity index (χ2n) is 12.1. The lowest BCUT2D eigenvalue weighted by Gasteiger charge is -2.26. The van der Waals surface area contributed by atoms with Gasteiger partial charge in [0.1, 0.15) is 0 Å². The third kappa shape index (κ3) is 19.4. The molecule has 0 spiro atoms. The van der Waals surface area contributed by atoms with Crippen LogP contribution in [0.5, 0.6) is 0 Å². The first-order valence-electron chi connectivity index (χ1n) is 17.6. The standard InChI is InChI=1S/C36H63N3O4/c1-4-7-10-12-14-16-18-20-24-37-35(42)31-28-32(36(43)38-25-21-19-17-15-13-11-8-5-2)30-33(29-31)39(26-9-6-3)27-22-23-34(40)41/h28-30H,4-27H2,1-3H3,(H,37,42)(H,38,43)(H,40,41). The van der Waals surface area contributed by atoms with Crippen LogP contribution < -0.4 is 15.5 Å². The molecule has 0 atom stereocenters. The van der Waals surface area contributed by atoms with Gasteiger partial charge in [-0.25, -0.2) is 0 Å². The van der Waals surface area contributed by atoms with Crippen LogP contribution in [0.4, 0.5) is 5.69 Å². The monoisotopic (exact) mass is 601 g/mol. The van der Waals surface area contributed by atoms with Gasteiger partial charge in [0, 0.05) is 49.4 Å². The molecule has 0 bridgehead atoms. The molecule has 0 saturated carbocycles. The summed E-state index contributed by atoms with van der Waals surface area (Å²) in [6.45, 7) is 9.14. The minimum atomic E-state index is -0.814. The quantitative estimate of drug-likeness (QED) is 0.0833. The molecule has 0 radical (unpaired) electrons. The maximum absolute atomic E-state index is 13.2. The zero-order chi connectivity index (χ0) is 31.5. The van der Waals surface area contributed by atoms with E-state index in [1.165, 1.54) is 77.0 Å². The molecule has 7 nitrogen and oxygen atoms in total. The van der Waals surface area contributed by atoms with Crippen molar-refractivity contribution in [3.63, 3.8) is 0 Å². The van der Waals surface area contributed by atoms with Gasteiger partial charge >= 0.3 is 5.97 Å². The Morgan fingerprint density at radius 2 is 0.953 bits per heavy atom. The van der Waals surface area contributed by atoms with Crippen LogP contribution in [0.15, 0.2) is 18.2 Å². The number of rotatable bonds is 28. The van der Waals surface area contributed by atoms with Gasteiger partial charge in [-0.2, -0.15) is 0 Å². The van der Waals surface area contributed by atoms with E-state index in [2.05, 4.69) is 36.3 Å². The molecule has 3 N–H and O–H groups in total. The molecule has 1 aromatic carbocycles. The smallest absolute Gasteiger partial charge is 0.303 e. The second kappa shape index (κ2) is 25.9. The highest BCUT2D eigenvalue weighted by Gasteiger charge is 2.16. The average Bonchev–Trinajstić information content (AvgIpc) is 3.00. The van der Waals surface area contributed by atoms with E-state index in [0.717, 1.165) is 50.8 Å². The van der Waals surface area contributed by atoms with Gasteiger partial charge in [0.15, 0.2) is 0 Å². The van der Waals surface area contributed by atoms with Crippen molar-refractivity contribution < 1.29 is 19.5 Å². The molecule has 0 heterocycles. The summed E-state index contributed by atoms with van der Waals surface area (Å²) in [5.41, 5.74) is 1.76. The lowest BCUT2D eigenvalue weighted by atomic mass is 10.1. The van der Waals surface area contributed by atoms with Crippen LogP contribution in [-0.2, 0) is 4.79 Å². The molecule has 0 fully saturated rings. The fourth-order valence-corrected chi connectivity index (χ4v) is 5.32. The Morgan fingerprint density at radius 1 is 0.558 bits per heavy atom. The van der Waals surface area contributed by atoms with E-state index in [1.807, 2.05) is 12.1 Å². The molecule has 2 amide bonds. The maximum atomic E-state index is 13.2. The van der Waals surface area contributed by atoms with Gasteiger partial charge in [0.05, 0.1) is 0 Å². The maximum Gasteiger partial charge on any atom is 0.303 e. The lowest BCUT2D eigenvalue weighted by molar-refractivity contribution is -0.137. The predicted octanol–water partition coefficient (Wildman–Crippen LogP) is 8.90. The fraction of sp³-hybridized carbons (Fsp3) is 0.750. The molecule has 0 aliphatic carbocycles. The number of carboxylic acids is 1. The highest BCUT2D eigenvalue weighted by molar-refractivity contribution is 6.01. The fourth-order valence-electron chi connectivity index (χ4n) is 5.32. The number of carboxylic acid groups (broad SMARTS) is 1. The van der Waals surface area contributed by atoms with Gasteiger partial charge in [-0.05, 0) is 43.9 Å². The number of carbonyl (C=O) groups is 3. The van der Waals surface area contributed by atoms with Crippen molar-refractivity contribution in [2.45, 2.75) is 149 Å². The highest BCUT2D eigenvalue weighted by atomic mass is 16.4. The van der Waals surface area contributed by atoms with Crippen LogP contribution in [0, 0.1) is 0 Å². The van der Waals surface area contributed by atoms with Crippen LogP contribution in [-0.4, -0.2) is 49.1 Å². The molecule has 1 rings (SSSR count). The van der Waals surface area contributed by atoms with Crippen molar-refractivity contribution in [1.29, 1.82) is 0 Å². The first-order valence-corrected chi connectivity index (χ1v) is 17.6. The number of hydrogen-bond acceptors (Lipinski definition) is 4. The van der Waals surface area contributed by atoms with Gasteiger partial charge in [-0.3, -0.25) is 14.4 Å². The summed E-state index contributed by atoms with van der Waals surface area (Å²) in [5, 5.41) is 15.3. The SMILES string of the molecule is CCCCCCCCCCNC(=O)c1cc(C(=O)NCCCCCCCCCC)cc(N(CCCC)CCCC(=O)O)c1. The molecule has 0 aromatic heterocycles. The zero-order valence-electron chi connectivity index (χ0n) is 27.8. The average molecular weight is 602 g/mol. The normalized spacial score (nSPS) is 11.0. The van der Waals surface area contributed by atoms with Gasteiger partial charge in [-0.1, -0.05) is 117 Å². The van der Waals surface area contributed by atoms with Crippen LogP contribution in [0.1, 0.15) is 170 Å². The number of aliphatic carboxylic acids is 1. The molecular formula is C36H63N3O4. The molecule has 246 valence electrons. The summed E-state index contributed by atoms with van der Waals surface area (Å²) >= 11 is 0. The molecule has 1 aromatic rings. The molecule has 0 saturated heterocycles. The summed E-state index contributed by atoms with van der Waals surface area (Å²) in [5.74, 6) is -1.14. The Balaban J connectivity index is 2.83. The van der Waals surface area contributed by atoms with Crippen molar-refractivity contribution in [3.8, 4) is 0 Å². The Hall–Kier alpha value is -2.57. The van der Waals surface area contributed by atoms with Gasteiger partial charge in [-0.15, -0.1) is 0 Å². The van der Waals surface area contributed by atoms with Crippen LogP contribution in [0.2, 0.25) is 0 Å². The molecule has 0 unspecified atom stereocenters. The number of amides is 2. The molecule has 0 aliphatic heterocycles. The van der Waals surface area contributed by atoms with Gasteiger partial charge in [0.2, 0.25) is 0 Å². The second-order valence-corrected chi connectivity index (χ2v) is 12.1. The summed E-state index contributed by atoms with van der Waals surface area (Å²) in [7, 11) is 0. The summed E-state index contributed by atoms with van der Waals surface area (Å²) < 4.78 is 0. The zero-order valence-corrected chi connectivity index (χ0v) is 27.8. The molecule has 0 aliphatic rings. The van der Waals surface area contributed by atoms with E-state index < -0.39 is 5.97 Å². The first-order chi connectivity index (χ1) is 20.9. The number of unbranched alkanes of at least 4 members (excludes halogenated alkanes) is 15. The lowest BCUT2D eigenvalue weighted by Crippen LogP contribution is -2.30. The Kier molecular flexibility index (Phi) is 23.1. The van der Waals surface area contributed by atoms with Crippen molar-refractivity contribution in [1.82, 2.24) is 10.6 Å². The number of anilines is 1. The van der Waals surface area contributed by atoms with E-state index in [4.69, 9.17) is 5.11 Å². The highest BCUT2D eigenvalue weighted by Crippen LogP contribution is 2.22. The number of carbonyl (C=O) groups excluding carboxylic acids is 2. The van der Waals surface area contributed by atoms with Crippen molar-refractivity contribution in [2.24, 2.45) is 0 Å². The summed E-state index contributed by atoms with van der Waals surface area (Å²) in [6.07, 6.45) is 21.9. The summed E-state index contributed by atoms with van der Waals surface area (Å²) in [4.78, 5) is 39.7. The van der Waals surface area contributed by atoms with E-state index >= 15 is 0 Å². The van der Waals surface area contributed by atoms with Gasteiger partial charge in [0.25, 0.3) is 11.8 Å². The predicted molar refractivity (Wildman–Crippen MR) is 180 cm³/mol. The third-order valence-electron chi connectivity index (χ3n) is 8.04. The molecule has 43 heavy (non-hydrogen) atoms. The van der Waals surface area contributed by atoms with E-state index in [-0.39, 0.29) is 18.2 Å². The minimum Gasteiger partial charge on any atom is -0.481 e. The van der Waals surface area contributed by atoms with Crippen molar-refractivity contribution in [3.05, 3.63) is 29.3 Å². The number of hydrogen-bond donors (Lipinski definition) is 3. The van der Waals surface area contributed by atoms with E-state index in [1.54, 1.807) is 6.07 Å². The van der Waals surface area contributed by atoms with Crippen LogP contribution >= 0.6 is 0 Å². The topological polar surface area (TPSA) is 98.7 Å². The molecule has 7 heteroatoms. The van der Waals surface area contributed by atoms with E-state index in [9.17, 15) is 14.4 Å². The largest absolute Gasteiger partial charge is 0.481 e. The number of nitrogens with zero attached hydrogens (tertiary/aromatic N) is 1. The van der Waals surface area contributed by atoms with Crippen molar-refractivity contribution in [2.75, 3.05) is 31.1 Å². The van der Waals surface area contributed by atoms with Crippen LogP contribution in [0.3, 0.4) is 0 Å². The van der Waals surface area contributed by atoms with Gasteiger partial charge < -0.3 is 20.6 Å². The number of benzene rings is 1. The third-order valence-corrected chi connectivity index (χ3v) is 8.04. The minimum absolute atomic E-state index is 0.0906.